The second-order valence-corrected chi connectivity index (χ2v) is 7.99. The highest BCUT2D eigenvalue weighted by Crippen LogP contribution is 2.36. The summed E-state index contributed by atoms with van der Waals surface area (Å²) in [6.07, 6.45) is 13.8. The van der Waals surface area contributed by atoms with E-state index >= 15 is 0 Å². The van der Waals surface area contributed by atoms with Gasteiger partial charge in [-0.1, -0.05) is 62.0 Å². The van der Waals surface area contributed by atoms with Crippen molar-refractivity contribution in [2.75, 3.05) is 0 Å². The second-order valence-electron chi connectivity index (χ2n) is 5.15. The summed E-state index contributed by atoms with van der Waals surface area (Å²) in [6.45, 7) is 0. The highest BCUT2D eigenvalue weighted by atomic mass is 32.2. The first kappa shape index (κ1) is 13.6. The van der Waals surface area contributed by atoms with Crippen LogP contribution in [0.1, 0.15) is 64.2 Å². The Hall–Kier alpha value is 0.170. The van der Waals surface area contributed by atoms with E-state index in [4.69, 9.17) is 5.84 Å². The highest BCUT2D eigenvalue weighted by Gasteiger charge is 2.21. The minimum Gasteiger partial charge on any atom is -0.322 e. The molecular formula is C13H24N2S2. The van der Waals surface area contributed by atoms with Crippen LogP contribution >= 0.6 is 23.5 Å². The molecule has 17 heavy (non-hydrogen) atoms. The van der Waals surface area contributed by atoms with Crippen molar-refractivity contribution in [1.82, 2.24) is 0 Å². The largest absolute Gasteiger partial charge is 0.322 e. The fraction of sp³-hybridized carbons (Fsp3) is 0.923. The average Bonchev–Trinajstić information content (AvgIpc) is 2.40. The van der Waals surface area contributed by atoms with Gasteiger partial charge in [-0.3, -0.25) is 0 Å². The van der Waals surface area contributed by atoms with Crippen LogP contribution in [0.2, 0.25) is 0 Å². The molecule has 2 rings (SSSR count). The van der Waals surface area contributed by atoms with Crippen molar-refractivity contribution >= 4 is 27.9 Å². The maximum Gasteiger partial charge on any atom is 0.150 e. The van der Waals surface area contributed by atoms with Crippen molar-refractivity contribution < 1.29 is 0 Å². The van der Waals surface area contributed by atoms with E-state index < -0.39 is 0 Å². The van der Waals surface area contributed by atoms with E-state index in [1.54, 1.807) is 0 Å². The van der Waals surface area contributed by atoms with E-state index in [2.05, 4.69) is 5.10 Å². The summed E-state index contributed by atoms with van der Waals surface area (Å²) in [4.78, 5) is 0. The summed E-state index contributed by atoms with van der Waals surface area (Å²) in [5, 5.41) is 5.58. The minimum absolute atomic E-state index is 0.780. The third kappa shape index (κ3) is 4.74. The quantitative estimate of drug-likeness (QED) is 0.351. The smallest absolute Gasteiger partial charge is 0.150 e. The molecular weight excluding hydrogens is 248 g/mol. The zero-order valence-corrected chi connectivity index (χ0v) is 12.2. The molecule has 0 amide bonds. The highest BCUT2D eigenvalue weighted by molar-refractivity contribution is 8.39. The van der Waals surface area contributed by atoms with Crippen molar-refractivity contribution in [3.05, 3.63) is 0 Å². The topological polar surface area (TPSA) is 38.4 Å². The van der Waals surface area contributed by atoms with Gasteiger partial charge in [-0.2, -0.15) is 5.10 Å². The van der Waals surface area contributed by atoms with Gasteiger partial charge in [-0.05, 0) is 25.7 Å². The Kier molecular flexibility index (Phi) is 6.06. The van der Waals surface area contributed by atoms with E-state index in [9.17, 15) is 0 Å². The second kappa shape index (κ2) is 7.57. The van der Waals surface area contributed by atoms with Crippen LogP contribution in [0.15, 0.2) is 5.10 Å². The van der Waals surface area contributed by atoms with E-state index in [1.807, 2.05) is 23.5 Å². The zero-order chi connectivity index (χ0) is 11.9. The van der Waals surface area contributed by atoms with Crippen LogP contribution in [0.25, 0.3) is 0 Å². The monoisotopic (exact) mass is 272 g/mol. The van der Waals surface area contributed by atoms with Gasteiger partial charge in [0.1, 0.15) is 4.38 Å². The fourth-order valence-corrected chi connectivity index (χ4v) is 5.61. The molecule has 0 heterocycles. The summed E-state index contributed by atoms with van der Waals surface area (Å²) < 4.78 is 1.14. The van der Waals surface area contributed by atoms with Crippen LogP contribution in [0.4, 0.5) is 0 Å². The van der Waals surface area contributed by atoms with Crippen molar-refractivity contribution in [1.29, 1.82) is 0 Å². The normalized spacial score (nSPS) is 23.5. The molecule has 98 valence electrons. The van der Waals surface area contributed by atoms with Gasteiger partial charge in [-0.15, -0.1) is 0 Å². The lowest BCUT2D eigenvalue weighted by atomic mass is 10.0. The Labute approximate surface area is 114 Å². The molecule has 0 unspecified atom stereocenters. The molecule has 0 saturated heterocycles. The molecule has 2 aliphatic rings. The minimum atomic E-state index is 0.780. The summed E-state index contributed by atoms with van der Waals surface area (Å²) in [6, 6.07) is 0. The molecule has 2 N–H and O–H groups in total. The van der Waals surface area contributed by atoms with Crippen LogP contribution in [-0.4, -0.2) is 14.9 Å². The van der Waals surface area contributed by atoms with E-state index in [0.29, 0.717) is 0 Å². The number of rotatable bonds is 2. The standard InChI is InChI=1S/C13H24N2S2/c14-15-13(16-11-7-3-1-4-8-11)17-12-9-5-2-6-10-12/h11-12H,1-10,14H2. The van der Waals surface area contributed by atoms with E-state index in [0.717, 1.165) is 14.9 Å². The summed E-state index contributed by atoms with van der Waals surface area (Å²) >= 11 is 3.89. The Balaban J connectivity index is 1.75. The number of nitrogens with two attached hydrogens (primary N) is 1. The predicted octanol–water partition coefficient (Wildman–Crippen LogP) is 4.35. The average molecular weight is 272 g/mol. The van der Waals surface area contributed by atoms with Crippen LogP contribution < -0.4 is 5.84 Å². The SMILES string of the molecule is NN=C(SC1CCCCC1)SC1CCCCC1. The van der Waals surface area contributed by atoms with Gasteiger partial charge >= 0.3 is 0 Å². The number of hydrogen-bond donors (Lipinski definition) is 1. The molecule has 0 aromatic rings. The van der Waals surface area contributed by atoms with Crippen LogP contribution in [0.5, 0.6) is 0 Å². The van der Waals surface area contributed by atoms with Gasteiger partial charge in [0, 0.05) is 10.5 Å². The number of nitrogens with zero attached hydrogens (tertiary/aromatic N) is 1. The number of hydrazone groups is 1. The van der Waals surface area contributed by atoms with Gasteiger partial charge in [0.15, 0.2) is 0 Å². The Morgan fingerprint density at radius 2 is 1.18 bits per heavy atom. The molecule has 0 atom stereocenters. The summed E-state index contributed by atoms with van der Waals surface area (Å²) in [7, 11) is 0. The first-order valence-corrected chi connectivity index (χ1v) is 8.75. The third-order valence-corrected chi connectivity index (χ3v) is 6.55. The first-order valence-electron chi connectivity index (χ1n) is 6.99. The lowest BCUT2D eigenvalue weighted by molar-refractivity contribution is 0.516. The van der Waals surface area contributed by atoms with Crippen molar-refractivity contribution in [2.24, 2.45) is 10.9 Å². The molecule has 0 radical (unpaired) electrons. The number of thioether (sulfide) groups is 2. The molecule has 2 saturated carbocycles. The lowest BCUT2D eigenvalue weighted by Crippen LogP contribution is -2.14. The van der Waals surface area contributed by atoms with Crippen molar-refractivity contribution in [3.8, 4) is 0 Å². The Bertz CT molecular complexity index is 222. The van der Waals surface area contributed by atoms with Crippen LogP contribution in [0, 0.1) is 0 Å². The first-order chi connectivity index (χ1) is 8.38. The van der Waals surface area contributed by atoms with Gasteiger partial charge in [0.25, 0.3) is 0 Å². The van der Waals surface area contributed by atoms with Gasteiger partial charge < -0.3 is 5.84 Å². The molecule has 0 aromatic heterocycles. The maximum absolute atomic E-state index is 5.55. The molecule has 0 aliphatic heterocycles. The number of hydrogen-bond acceptors (Lipinski definition) is 4. The molecule has 2 nitrogen and oxygen atoms in total. The van der Waals surface area contributed by atoms with Gasteiger partial charge in [-0.25, -0.2) is 0 Å². The molecule has 2 aliphatic carbocycles. The molecule has 4 heteroatoms. The van der Waals surface area contributed by atoms with Gasteiger partial charge in [0.05, 0.1) is 0 Å². The zero-order valence-electron chi connectivity index (χ0n) is 10.6. The van der Waals surface area contributed by atoms with Crippen molar-refractivity contribution in [2.45, 2.75) is 74.7 Å². The molecule has 0 spiro atoms. The molecule has 2 fully saturated rings. The van der Waals surface area contributed by atoms with Crippen LogP contribution in [-0.2, 0) is 0 Å². The maximum atomic E-state index is 5.55. The van der Waals surface area contributed by atoms with Crippen LogP contribution in [0.3, 0.4) is 0 Å². The fourth-order valence-electron chi connectivity index (χ4n) is 2.74. The summed E-state index contributed by atoms with van der Waals surface area (Å²) in [5.41, 5.74) is 0. The Morgan fingerprint density at radius 1 is 0.765 bits per heavy atom. The van der Waals surface area contributed by atoms with E-state index in [1.165, 1.54) is 64.2 Å². The molecule has 0 aromatic carbocycles. The lowest BCUT2D eigenvalue weighted by Gasteiger charge is -2.24. The van der Waals surface area contributed by atoms with Crippen molar-refractivity contribution in [3.63, 3.8) is 0 Å². The van der Waals surface area contributed by atoms with E-state index in [-0.39, 0.29) is 0 Å². The Morgan fingerprint density at radius 3 is 1.53 bits per heavy atom. The summed E-state index contributed by atoms with van der Waals surface area (Å²) in [5.74, 6) is 5.55. The van der Waals surface area contributed by atoms with Gasteiger partial charge in [0.2, 0.25) is 0 Å². The predicted molar refractivity (Wildman–Crippen MR) is 80.6 cm³/mol. The molecule has 0 bridgehead atoms. The third-order valence-electron chi connectivity index (χ3n) is 3.74.